The zero-order valence-electron chi connectivity index (χ0n) is 13.6. The summed E-state index contributed by atoms with van der Waals surface area (Å²) in [6.07, 6.45) is 1.29. The van der Waals surface area contributed by atoms with E-state index in [-0.39, 0.29) is 11.6 Å². The molecule has 4 rings (SSSR count). The molecule has 134 valence electrons. The number of halogens is 2. The number of rotatable bonds is 4. The van der Waals surface area contributed by atoms with Crippen LogP contribution in [-0.4, -0.2) is 15.9 Å². The molecule has 27 heavy (non-hydrogen) atoms. The highest BCUT2D eigenvalue weighted by atomic mass is 35.5. The zero-order valence-corrected chi connectivity index (χ0v) is 16.0. The second kappa shape index (κ2) is 7.52. The summed E-state index contributed by atoms with van der Waals surface area (Å²) < 4.78 is 5.39. The first-order valence-electron chi connectivity index (χ1n) is 7.83. The van der Waals surface area contributed by atoms with Crippen molar-refractivity contribution in [3.8, 4) is 22.7 Å². The van der Waals surface area contributed by atoms with E-state index >= 15 is 0 Å². The largest absolute Gasteiger partial charge is 0.444 e. The summed E-state index contributed by atoms with van der Waals surface area (Å²) in [5.74, 6) is -0.123. The lowest BCUT2D eigenvalue weighted by molar-refractivity contribution is 0.102. The number of nitrogens with zero attached hydrogens (tertiary/aromatic N) is 2. The van der Waals surface area contributed by atoms with Crippen LogP contribution >= 0.6 is 34.5 Å². The van der Waals surface area contributed by atoms with Crippen molar-refractivity contribution in [2.75, 3.05) is 5.32 Å². The number of oxazole rings is 1. The highest BCUT2D eigenvalue weighted by Crippen LogP contribution is 2.29. The fraction of sp³-hybridized carbons (Fsp3) is 0. The van der Waals surface area contributed by atoms with Crippen LogP contribution in [0.4, 0.5) is 5.13 Å². The fourth-order valence-electron chi connectivity index (χ4n) is 2.37. The summed E-state index contributed by atoms with van der Waals surface area (Å²) >= 11 is 13.3. The minimum atomic E-state index is -0.404. The number of benzene rings is 2. The highest BCUT2D eigenvalue weighted by Gasteiger charge is 2.16. The Morgan fingerprint density at radius 2 is 1.81 bits per heavy atom. The Hall–Kier alpha value is -2.67. The van der Waals surface area contributed by atoms with Gasteiger partial charge < -0.3 is 4.42 Å². The Kier molecular flexibility index (Phi) is 4.94. The highest BCUT2D eigenvalue weighted by molar-refractivity contribution is 7.14. The molecule has 0 aliphatic heterocycles. The molecule has 0 aliphatic rings. The molecule has 1 amide bonds. The predicted molar refractivity (Wildman–Crippen MR) is 107 cm³/mol. The third-order valence-corrected chi connectivity index (χ3v) is 5.19. The van der Waals surface area contributed by atoms with Gasteiger partial charge in [0, 0.05) is 16.5 Å². The molecule has 5 nitrogen and oxygen atoms in total. The maximum atomic E-state index is 12.4. The molecule has 0 bridgehead atoms. The van der Waals surface area contributed by atoms with E-state index < -0.39 is 5.91 Å². The number of anilines is 1. The van der Waals surface area contributed by atoms with Crippen LogP contribution < -0.4 is 5.32 Å². The van der Waals surface area contributed by atoms with Gasteiger partial charge in [0.25, 0.3) is 5.91 Å². The van der Waals surface area contributed by atoms with Crippen molar-refractivity contribution in [1.29, 1.82) is 0 Å². The number of nitrogens with one attached hydrogen (secondary N) is 1. The first kappa shape index (κ1) is 17.7. The second-order valence-corrected chi connectivity index (χ2v) is 7.20. The van der Waals surface area contributed by atoms with Crippen LogP contribution in [0.25, 0.3) is 22.7 Å². The van der Waals surface area contributed by atoms with Crippen LogP contribution in [0.2, 0.25) is 10.0 Å². The summed E-state index contributed by atoms with van der Waals surface area (Å²) in [5, 5.41) is 5.92. The van der Waals surface area contributed by atoms with Crippen LogP contribution in [0.1, 0.15) is 10.5 Å². The fourth-order valence-corrected chi connectivity index (χ4v) is 3.39. The molecule has 0 fully saturated rings. The van der Waals surface area contributed by atoms with Crippen molar-refractivity contribution >= 4 is 45.6 Å². The lowest BCUT2D eigenvalue weighted by Crippen LogP contribution is -2.12. The molecule has 0 aliphatic carbocycles. The van der Waals surface area contributed by atoms with Crippen molar-refractivity contribution < 1.29 is 9.21 Å². The van der Waals surface area contributed by atoms with Crippen LogP contribution in [-0.2, 0) is 0 Å². The number of aromatic nitrogens is 2. The molecule has 1 N–H and O–H groups in total. The van der Waals surface area contributed by atoms with Gasteiger partial charge in [-0.2, -0.15) is 0 Å². The van der Waals surface area contributed by atoms with E-state index in [2.05, 4.69) is 15.3 Å². The number of hydrogen-bond donors (Lipinski definition) is 1. The van der Waals surface area contributed by atoms with E-state index in [0.29, 0.717) is 20.7 Å². The molecule has 0 atom stereocenters. The topological polar surface area (TPSA) is 68.0 Å². The van der Waals surface area contributed by atoms with Crippen LogP contribution in [0.5, 0.6) is 0 Å². The standard InChI is InChI=1S/C19H11Cl2N3O2S/c20-13-7-6-12(8-14(13)21)18-22-15(9-26-18)17(25)24-19-23-16(10-27-19)11-4-2-1-3-5-11/h1-10H,(H,23,24,25). The third kappa shape index (κ3) is 3.88. The van der Waals surface area contributed by atoms with E-state index in [1.165, 1.54) is 17.6 Å². The monoisotopic (exact) mass is 415 g/mol. The zero-order chi connectivity index (χ0) is 18.8. The Morgan fingerprint density at radius 3 is 2.59 bits per heavy atom. The van der Waals surface area contributed by atoms with Gasteiger partial charge in [-0.05, 0) is 18.2 Å². The summed E-state index contributed by atoms with van der Waals surface area (Å²) in [5.41, 5.74) is 2.56. The van der Waals surface area contributed by atoms with Gasteiger partial charge in [0.1, 0.15) is 6.26 Å². The van der Waals surface area contributed by atoms with Crippen molar-refractivity contribution in [1.82, 2.24) is 9.97 Å². The molecular formula is C19H11Cl2N3O2S. The van der Waals surface area contributed by atoms with E-state index in [1.807, 2.05) is 35.7 Å². The molecule has 8 heteroatoms. The number of thiazole rings is 1. The van der Waals surface area contributed by atoms with E-state index in [0.717, 1.165) is 11.3 Å². The number of carbonyl (C=O) groups is 1. The van der Waals surface area contributed by atoms with Gasteiger partial charge in [0.2, 0.25) is 5.89 Å². The van der Waals surface area contributed by atoms with Crippen molar-refractivity contribution in [3.63, 3.8) is 0 Å². The Morgan fingerprint density at radius 1 is 1.00 bits per heavy atom. The SMILES string of the molecule is O=C(Nc1nc(-c2ccccc2)cs1)c1coc(-c2ccc(Cl)c(Cl)c2)n1. The first-order chi connectivity index (χ1) is 13.1. The molecule has 0 spiro atoms. The minimum Gasteiger partial charge on any atom is -0.444 e. The molecule has 4 aromatic rings. The Bertz CT molecular complexity index is 1110. The molecule has 0 saturated heterocycles. The van der Waals surface area contributed by atoms with Crippen LogP contribution in [0, 0.1) is 0 Å². The van der Waals surface area contributed by atoms with Gasteiger partial charge in [-0.15, -0.1) is 11.3 Å². The quantitative estimate of drug-likeness (QED) is 0.442. The minimum absolute atomic E-state index is 0.146. The van der Waals surface area contributed by atoms with Crippen molar-refractivity contribution in [3.05, 3.63) is 75.9 Å². The van der Waals surface area contributed by atoms with Crippen molar-refractivity contribution in [2.24, 2.45) is 0 Å². The van der Waals surface area contributed by atoms with Gasteiger partial charge in [-0.1, -0.05) is 53.5 Å². The van der Waals surface area contributed by atoms with Gasteiger partial charge in [0.05, 0.1) is 15.7 Å². The summed E-state index contributed by atoms with van der Waals surface area (Å²) in [6.45, 7) is 0. The third-order valence-electron chi connectivity index (χ3n) is 3.70. The van der Waals surface area contributed by atoms with Gasteiger partial charge in [-0.3, -0.25) is 10.1 Å². The summed E-state index contributed by atoms with van der Waals surface area (Å²) in [7, 11) is 0. The number of carbonyl (C=O) groups excluding carboxylic acids is 1. The maximum absolute atomic E-state index is 12.4. The number of amides is 1. The molecule has 0 unspecified atom stereocenters. The lowest BCUT2D eigenvalue weighted by Gasteiger charge is -1.99. The predicted octanol–water partition coefficient (Wildman–Crippen LogP) is 6.02. The molecule has 0 saturated carbocycles. The van der Waals surface area contributed by atoms with E-state index in [4.69, 9.17) is 27.6 Å². The van der Waals surface area contributed by atoms with E-state index in [9.17, 15) is 4.79 Å². The summed E-state index contributed by atoms with van der Waals surface area (Å²) in [6, 6.07) is 14.7. The molecule has 2 aromatic carbocycles. The van der Waals surface area contributed by atoms with Gasteiger partial charge in [-0.25, -0.2) is 9.97 Å². The van der Waals surface area contributed by atoms with E-state index in [1.54, 1.807) is 18.2 Å². The molecule has 2 aromatic heterocycles. The number of hydrogen-bond acceptors (Lipinski definition) is 5. The smallest absolute Gasteiger partial charge is 0.279 e. The maximum Gasteiger partial charge on any atom is 0.279 e. The molecule has 0 radical (unpaired) electrons. The van der Waals surface area contributed by atoms with Crippen molar-refractivity contribution in [2.45, 2.75) is 0 Å². The normalized spacial score (nSPS) is 10.7. The second-order valence-electron chi connectivity index (χ2n) is 5.52. The lowest BCUT2D eigenvalue weighted by atomic mass is 10.2. The van der Waals surface area contributed by atoms with Crippen LogP contribution in [0.3, 0.4) is 0 Å². The van der Waals surface area contributed by atoms with Gasteiger partial charge in [0.15, 0.2) is 10.8 Å². The van der Waals surface area contributed by atoms with Crippen LogP contribution in [0.15, 0.2) is 64.6 Å². The Balaban J connectivity index is 1.50. The van der Waals surface area contributed by atoms with Gasteiger partial charge >= 0.3 is 0 Å². The summed E-state index contributed by atoms with van der Waals surface area (Å²) in [4.78, 5) is 21.0. The molecular weight excluding hydrogens is 405 g/mol. The Labute approximate surface area is 168 Å². The molecule has 2 heterocycles. The average Bonchev–Trinajstić information content (AvgIpc) is 3.34. The first-order valence-corrected chi connectivity index (χ1v) is 9.47. The average molecular weight is 416 g/mol.